The van der Waals surface area contributed by atoms with Crippen molar-refractivity contribution in [3.05, 3.63) is 0 Å². The lowest BCUT2D eigenvalue weighted by Crippen LogP contribution is -2.28. The van der Waals surface area contributed by atoms with Crippen LogP contribution in [0.1, 0.15) is 19.3 Å². The molecule has 0 aliphatic carbocycles. The Morgan fingerprint density at radius 2 is 2.50 bits per heavy atom. The summed E-state index contributed by atoms with van der Waals surface area (Å²) in [5.74, 6) is 0.159. The maximum absolute atomic E-state index is 10.9. The Morgan fingerprint density at radius 3 is 2.90 bits per heavy atom. The van der Waals surface area contributed by atoms with Gasteiger partial charge in [-0.25, -0.2) is 0 Å². The Balaban J connectivity index is 2.48. The molecule has 1 saturated heterocycles. The van der Waals surface area contributed by atoms with Gasteiger partial charge >= 0.3 is 0 Å². The first-order chi connectivity index (χ1) is 4.75. The summed E-state index contributed by atoms with van der Waals surface area (Å²) in [4.78, 5) is 22.6. The first-order valence-electron chi connectivity index (χ1n) is 3.45. The minimum absolute atomic E-state index is 0.159. The summed E-state index contributed by atoms with van der Waals surface area (Å²) >= 11 is 0. The lowest BCUT2D eigenvalue weighted by molar-refractivity contribution is -0.127. The molecule has 0 aromatic heterocycles. The van der Waals surface area contributed by atoms with Crippen molar-refractivity contribution in [3.8, 4) is 0 Å². The van der Waals surface area contributed by atoms with E-state index in [2.05, 4.69) is 0 Å². The number of carbonyl (C=O) groups is 2. The van der Waals surface area contributed by atoms with E-state index in [1.807, 2.05) is 0 Å². The van der Waals surface area contributed by atoms with Gasteiger partial charge in [0.1, 0.15) is 6.29 Å². The fourth-order valence-corrected chi connectivity index (χ4v) is 1.25. The molecule has 1 aliphatic heterocycles. The third kappa shape index (κ3) is 1.17. The van der Waals surface area contributed by atoms with Crippen LogP contribution in [-0.4, -0.2) is 30.2 Å². The fraction of sp³-hybridized carbons (Fsp3) is 0.714. The Kier molecular flexibility index (Phi) is 2.04. The molecule has 0 N–H and O–H groups in total. The average Bonchev–Trinajstić information content (AvgIpc) is 2.20. The van der Waals surface area contributed by atoms with Crippen molar-refractivity contribution in [2.45, 2.75) is 25.3 Å². The zero-order valence-electron chi connectivity index (χ0n) is 6.04. The molecule has 3 heteroatoms. The van der Waals surface area contributed by atoms with E-state index in [-0.39, 0.29) is 11.9 Å². The highest BCUT2D eigenvalue weighted by atomic mass is 16.2. The molecule has 1 fully saturated rings. The Bertz CT molecular complexity index is 156. The van der Waals surface area contributed by atoms with E-state index < -0.39 is 0 Å². The predicted molar refractivity (Wildman–Crippen MR) is 36.5 cm³/mol. The van der Waals surface area contributed by atoms with Crippen LogP contribution < -0.4 is 0 Å². The molecule has 10 heavy (non-hydrogen) atoms. The van der Waals surface area contributed by atoms with Crippen LogP contribution in [-0.2, 0) is 9.59 Å². The minimum Gasteiger partial charge on any atom is -0.342 e. The van der Waals surface area contributed by atoms with Crippen LogP contribution in [0.15, 0.2) is 0 Å². The number of hydrogen-bond donors (Lipinski definition) is 0. The van der Waals surface area contributed by atoms with Crippen LogP contribution in [0.5, 0.6) is 0 Å². The summed E-state index contributed by atoms with van der Waals surface area (Å²) < 4.78 is 0. The highest BCUT2D eigenvalue weighted by Gasteiger charge is 2.26. The first-order valence-corrected chi connectivity index (χ1v) is 3.45. The van der Waals surface area contributed by atoms with Crippen LogP contribution in [0.25, 0.3) is 0 Å². The van der Waals surface area contributed by atoms with E-state index in [1.54, 1.807) is 11.9 Å². The largest absolute Gasteiger partial charge is 0.342 e. The van der Waals surface area contributed by atoms with Gasteiger partial charge in [0.2, 0.25) is 5.91 Å². The molecule has 1 rings (SSSR count). The van der Waals surface area contributed by atoms with Crippen molar-refractivity contribution in [3.63, 3.8) is 0 Å². The van der Waals surface area contributed by atoms with E-state index in [0.29, 0.717) is 12.8 Å². The fourth-order valence-electron chi connectivity index (χ4n) is 1.25. The molecule has 3 nitrogen and oxygen atoms in total. The molecule has 0 bridgehead atoms. The van der Waals surface area contributed by atoms with Gasteiger partial charge in [-0.1, -0.05) is 0 Å². The SMILES string of the molecule is CN1C(=O)CCC1CC=O. The molecular formula is C7H11NO2. The van der Waals surface area contributed by atoms with Gasteiger partial charge in [0, 0.05) is 25.9 Å². The van der Waals surface area contributed by atoms with Gasteiger partial charge < -0.3 is 9.69 Å². The monoisotopic (exact) mass is 141 g/mol. The van der Waals surface area contributed by atoms with E-state index in [0.717, 1.165) is 12.7 Å². The zero-order valence-corrected chi connectivity index (χ0v) is 6.04. The minimum atomic E-state index is 0.159. The van der Waals surface area contributed by atoms with E-state index in [9.17, 15) is 9.59 Å². The van der Waals surface area contributed by atoms with Gasteiger partial charge in [-0.2, -0.15) is 0 Å². The van der Waals surface area contributed by atoms with Gasteiger partial charge in [0.25, 0.3) is 0 Å². The van der Waals surface area contributed by atoms with Crippen molar-refractivity contribution in [1.29, 1.82) is 0 Å². The number of aldehydes is 1. The molecule has 0 radical (unpaired) electrons. The third-order valence-electron chi connectivity index (χ3n) is 2.00. The summed E-state index contributed by atoms with van der Waals surface area (Å²) in [5, 5.41) is 0. The van der Waals surface area contributed by atoms with Crippen LogP contribution in [0.4, 0.5) is 0 Å². The van der Waals surface area contributed by atoms with Crippen LogP contribution in [0, 0.1) is 0 Å². The van der Waals surface area contributed by atoms with E-state index in [4.69, 9.17) is 0 Å². The molecule has 0 spiro atoms. The number of amides is 1. The summed E-state index contributed by atoms with van der Waals surface area (Å²) in [5.41, 5.74) is 0. The van der Waals surface area contributed by atoms with Crippen molar-refractivity contribution in [2.75, 3.05) is 7.05 Å². The van der Waals surface area contributed by atoms with Crippen LogP contribution in [0.3, 0.4) is 0 Å². The highest BCUT2D eigenvalue weighted by molar-refractivity contribution is 5.78. The normalized spacial score (nSPS) is 25.5. The smallest absolute Gasteiger partial charge is 0.222 e. The molecule has 1 aliphatic rings. The second-order valence-electron chi connectivity index (χ2n) is 2.60. The number of likely N-dealkylation sites (tertiary alicyclic amines) is 1. The topological polar surface area (TPSA) is 37.4 Å². The number of rotatable bonds is 2. The average molecular weight is 141 g/mol. The van der Waals surface area contributed by atoms with E-state index >= 15 is 0 Å². The van der Waals surface area contributed by atoms with Crippen LogP contribution >= 0.6 is 0 Å². The molecule has 1 heterocycles. The summed E-state index contributed by atoms with van der Waals surface area (Å²) in [6.45, 7) is 0. The van der Waals surface area contributed by atoms with Gasteiger partial charge in [-0.05, 0) is 6.42 Å². The van der Waals surface area contributed by atoms with Gasteiger partial charge in [-0.3, -0.25) is 4.79 Å². The van der Waals surface area contributed by atoms with E-state index in [1.165, 1.54) is 0 Å². The van der Waals surface area contributed by atoms with Crippen molar-refractivity contribution in [1.82, 2.24) is 4.90 Å². The highest BCUT2D eigenvalue weighted by Crippen LogP contribution is 2.17. The second kappa shape index (κ2) is 2.82. The molecule has 1 unspecified atom stereocenters. The van der Waals surface area contributed by atoms with Crippen molar-refractivity contribution < 1.29 is 9.59 Å². The third-order valence-corrected chi connectivity index (χ3v) is 2.00. The first kappa shape index (κ1) is 7.25. The molecule has 1 atom stereocenters. The predicted octanol–water partition coefficient (Wildman–Crippen LogP) is 0.196. The number of carbonyl (C=O) groups excluding carboxylic acids is 2. The zero-order chi connectivity index (χ0) is 7.56. The summed E-state index contributed by atoms with van der Waals surface area (Å²) in [6, 6.07) is 0.171. The quantitative estimate of drug-likeness (QED) is 0.515. The number of nitrogens with zero attached hydrogens (tertiary/aromatic N) is 1. The molecular weight excluding hydrogens is 130 g/mol. The van der Waals surface area contributed by atoms with Crippen molar-refractivity contribution in [2.24, 2.45) is 0 Å². The molecule has 0 aromatic carbocycles. The lowest BCUT2D eigenvalue weighted by Gasteiger charge is -2.16. The van der Waals surface area contributed by atoms with Crippen molar-refractivity contribution >= 4 is 12.2 Å². The Labute approximate surface area is 60.0 Å². The van der Waals surface area contributed by atoms with Crippen LogP contribution in [0.2, 0.25) is 0 Å². The number of hydrogen-bond acceptors (Lipinski definition) is 2. The standard InChI is InChI=1S/C7H11NO2/c1-8-6(4-5-9)2-3-7(8)10/h5-6H,2-4H2,1H3. The summed E-state index contributed by atoms with van der Waals surface area (Å²) in [6.07, 6.45) is 2.81. The van der Waals surface area contributed by atoms with Gasteiger partial charge in [0.05, 0.1) is 0 Å². The maximum atomic E-state index is 10.9. The maximum Gasteiger partial charge on any atom is 0.222 e. The second-order valence-corrected chi connectivity index (χ2v) is 2.60. The van der Waals surface area contributed by atoms with Gasteiger partial charge in [-0.15, -0.1) is 0 Å². The Hall–Kier alpha value is -0.860. The molecule has 0 saturated carbocycles. The Morgan fingerprint density at radius 1 is 1.80 bits per heavy atom. The summed E-state index contributed by atoms with van der Waals surface area (Å²) in [7, 11) is 1.75. The molecule has 0 aromatic rings. The lowest BCUT2D eigenvalue weighted by atomic mass is 10.2. The van der Waals surface area contributed by atoms with Gasteiger partial charge in [0.15, 0.2) is 0 Å². The molecule has 56 valence electrons. The molecule has 1 amide bonds.